The molecule has 1 saturated heterocycles. The van der Waals surface area contributed by atoms with Gasteiger partial charge in [0.1, 0.15) is 11.5 Å². The Hall–Kier alpha value is -1.86. The Morgan fingerprint density at radius 2 is 2.00 bits per heavy atom. The molecule has 0 radical (unpaired) electrons. The average molecular weight is 391 g/mol. The van der Waals surface area contributed by atoms with Crippen LogP contribution in [0.15, 0.2) is 22.6 Å². The third kappa shape index (κ3) is 3.75. The topological polar surface area (TPSA) is 53.9 Å². The molecule has 27 heavy (non-hydrogen) atoms. The highest BCUT2D eigenvalue weighted by atomic mass is 32.1. The van der Waals surface area contributed by atoms with E-state index in [9.17, 15) is 0 Å². The first-order valence-corrected chi connectivity index (χ1v) is 10.3. The summed E-state index contributed by atoms with van der Waals surface area (Å²) in [6.45, 7) is 1.97. The first-order valence-electron chi connectivity index (χ1n) is 9.84. The Morgan fingerprint density at radius 1 is 1.19 bits per heavy atom. The van der Waals surface area contributed by atoms with E-state index in [1.54, 1.807) is 19.1 Å². The van der Waals surface area contributed by atoms with Crippen LogP contribution in [0.5, 0.6) is 11.5 Å². The van der Waals surface area contributed by atoms with Crippen molar-refractivity contribution in [3.05, 3.63) is 23.0 Å². The van der Waals surface area contributed by atoms with Crippen LogP contribution < -0.4 is 14.4 Å². The van der Waals surface area contributed by atoms with Crippen LogP contribution in [-0.4, -0.2) is 36.6 Å². The summed E-state index contributed by atoms with van der Waals surface area (Å²) in [6.07, 6.45) is 8.12. The lowest BCUT2D eigenvalue weighted by Crippen LogP contribution is -3.17. The maximum Gasteiger partial charge on any atom is 0.292 e. The summed E-state index contributed by atoms with van der Waals surface area (Å²) in [5, 5.41) is 4.68. The predicted molar refractivity (Wildman–Crippen MR) is 105 cm³/mol. The number of piperidine rings is 1. The molecule has 1 N–H and O–H groups in total. The standard InChI is InChI=1S/C20H27N3O3S/c1-24-15-9-10-16(18(12-15)25-2)19-21-23(20(27)26-19)13-22-11-5-7-14-6-3-4-8-17(14)22/h9-10,12,14,17H,3-8,11,13H2,1-2H3/p+1/t14-,17+/m1/s1. The van der Waals surface area contributed by atoms with Crippen LogP contribution >= 0.6 is 12.2 Å². The van der Waals surface area contributed by atoms with Crippen LogP contribution in [0.3, 0.4) is 0 Å². The first kappa shape index (κ1) is 18.5. The van der Waals surface area contributed by atoms with Crippen molar-refractivity contribution < 1.29 is 18.8 Å². The fourth-order valence-electron chi connectivity index (χ4n) is 4.75. The van der Waals surface area contributed by atoms with Crippen LogP contribution in [-0.2, 0) is 6.67 Å². The number of hydrogen-bond acceptors (Lipinski definition) is 5. The number of likely N-dealkylation sites (tertiary alicyclic amines) is 1. The van der Waals surface area contributed by atoms with E-state index in [0.717, 1.165) is 29.9 Å². The molecule has 1 aliphatic carbocycles. The van der Waals surface area contributed by atoms with Crippen molar-refractivity contribution in [1.82, 2.24) is 9.78 Å². The second-order valence-corrected chi connectivity index (χ2v) is 7.95. The summed E-state index contributed by atoms with van der Waals surface area (Å²) in [5.41, 5.74) is 0.785. The van der Waals surface area contributed by atoms with Crippen molar-refractivity contribution >= 4 is 12.2 Å². The molecule has 146 valence electrons. The second-order valence-electron chi connectivity index (χ2n) is 7.60. The molecule has 0 bridgehead atoms. The molecule has 6 nitrogen and oxygen atoms in total. The number of quaternary nitrogens is 1. The number of hydrogen-bond donors (Lipinski definition) is 1. The monoisotopic (exact) mass is 390 g/mol. The molecule has 1 saturated carbocycles. The minimum absolute atomic E-state index is 0.424. The van der Waals surface area contributed by atoms with Gasteiger partial charge in [-0.2, -0.15) is 4.68 Å². The lowest BCUT2D eigenvalue weighted by molar-refractivity contribution is -0.958. The SMILES string of the molecule is COc1ccc(-c2nn(C[NH+]3CCC[C@H]4CCCC[C@@H]43)c(=S)o2)c(OC)c1. The van der Waals surface area contributed by atoms with Crippen LogP contribution in [0.2, 0.25) is 0 Å². The molecule has 0 spiro atoms. The molecule has 0 amide bonds. The number of ether oxygens (including phenoxy) is 2. The maximum atomic E-state index is 5.83. The van der Waals surface area contributed by atoms with Crippen LogP contribution in [0.1, 0.15) is 38.5 Å². The Balaban J connectivity index is 1.58. The Labute approximate surface area is 165 Å². The zero-order valence-corrected chi connectivity index (χ0v) is 16.9. The van der Waals surface area contributed by atoms with E-state index in [4.69, 9.17) is 26.1 Å². The predicted octanol–water partition coefficient (Wildman–Crippen LogP) is 3.08. The zero-order chi connectivity index (χ0) is 18.8. The molecule has 2 fully saturated rings. The average Bonchev–Trinajstić information content (AvgIpc) is 3.08. The van der Waals surface area contributed by atoms with Crippen molar-refractivity contribution in [1.29, 1.82) is 0 Å². The van der Waals surface area contributed by atoms with Crippen LogP contribution in [0.4, 0.5) is 0 Å². The van der Waals surface area contributed by atoms with E-state index < -0.39 is 0 Å². The Morgan fingerprint density at radius 3 is 2.81 bits per heavy atom. The number of rotatable bonds is 5. The fourth-order valence-corrected chi connectivity index (χ4v) is 4.93. The highest BCUT2D eigenvalue weighted by molar-refractivity contribution is 7.71. The normalized spacial score (nSPS) is 25.0. The van der Waals surface area contributed by atoms with E-state index >= 15 is 0 Å². The molecular weight excluding hydrogens is 362 g/mol. The summed E-state index contributed by atoms with van der Waals surface area (Å²) in [6, 6.07) is 6.34. The molecule has 1 aliphatic heterocycles. The molecular formula is C20H28N3O3S+. The van der Waals surface area contributed by atoms with Crippen molar-refractivity contribution in [2.24, 2.45) is 5.92 Å². The van der Waals surface area contributed by atoms with Gasteiger partial charge in [-0.25, -0.2) is 0 Å². The molecule has 1 unspecified atom stereocenters. The molecule has 2 aromatic rings. The summed E-state index contributed by atoms with van der Waals surface area (Å²) in [5.74, 6) is 2.76. The summed E-state index contributed by atoms with van der Waals surface area (Å²) >= 11 is 5.47. The summed E-state index contributed by atoms with van der Waals surface area (Å²) in [7, 11) is 3.26. The highest BCUT2D eigenvalue weighted by Gasteiger charge is 2.37. The third-order valence-corrected chi connectivity index (χ3v) is 6.40. The van der Waals surface area contributed by atoms with Crippen molar-refractivity contribution in [3.63, 3.8) is 0 Å². The van der Waals surface area contributed by atoms with E-state index in [2.05, 4.69) is 5.10 Å². The van der Waals surface area contributed by atoms with Gasteiger partial charge in [-0.3, -0.25) is 0 Å². The van der Waals surface area contributed by atoms with Gasteiger partial charge in [0, 0.05) is 12.0 Å². The van der Waals surface area contributed by atoms with Crippen LogP contribution in [0, 0.1) is 10.8 Å². The van der Waals surface area contributed by atoms with Gasteiger partial charge < -0.3 is 18.8 Å². The Kier molecular flexibility index (Phi) is 5.50. The maximum absolute atomic E-state index is 5.83. The highest BCUT2D eigenvalue weighted by Crippen LogP contribution is 2.32. The number of fused-ring (bicyclic) bond motifs is 1. The van der Waals surface area contributed by atoms with Gasteiger partial charge in [0.05, 0.1) is 32.4 Å². The first-order chi connectivity index (χ1) is 13.2. The minimum Gasteiger partial charge on any atom is -0.497 e. The van der Waals surface area contributed by atoms with Gasteiger partial charge in [-0.15, -0.1) is 5.10 Å². The lowest BCUT2D eigenvalue weighted by atomic mass is 9.78. The van der Waals surface area contributed by atoms with Gasteiger partial charge in [0.25, 0.3) is 10.7 Å². The fraction of sp³-hybridized carbons (Fsp3) is 0.600. The quantitative estimate of drug-likeness (QED) is 0.795. The van der Waals surface area contributed by atoms with E-state index in [1.807, 2.05) is 22.9 Å². The number of benzene rings is 1. The number of methoxy groups -OCH3 is 2. The number of aromatic nitrogens is 2. The largest absolute Gasteiger partial charge is 0.497 e. The van der Waals surface area contributed by atoms with E-state index in [-0.39, 0.29) is 0 Å². The molecule has 1 aromatic carbocycles. The van der Waals surface area contributed by atoms with E-state index in [1.165, 1.54) is 45.1 Å². The van der Waals surface area contributed by atoms with Gasteiger partial charge >= 0.3 is 0 Å². The molecule has 2 heterocycles. The van der Waals surface area contributed by atoms with Gasteiger partial charge in [-0.1, -0.05) is 6.42 Å². The van der Waals surface area contributed by atoms with Gasteiger partial charge in [0.15, 0.2) is 6.67 Å². The van der Waals surface area contributed by atoms with Crippen molar-refractivity contribution in [2.75, 3.05) is 20.8 Å². The summed E-state index contributed by atoms with van der Waals surface area (Å²) in [4.78, 5) is 2.02. The molecule has 1 aromatic heterocycles. The summed E-state index contributed by atoms with van der Waals surface area (Å²) < 4.78 is 18.4. The second kappa shape index (κ2) is 8.02. The van der Waals surface area contributed by atoms with Crippen LogP contribution in [0.25, 0.3) is 11.5 Å². The molecule has 4 rings (SSSR count). The van der Waals surface area contributed by atoms with Crippen molar-refractivity contribution in [2.45, 2.75) is 51.2 Å². The molecule has 2 aliphatic rings. The van der Waals surface area contributed by atoms with Gasteiger partial charge in [0.2, 0.25) is 0 Å². The number of nitrogens with zero attached hydrogens (tertiary/aromatic N) is 2. The zero-order valence-electron chi connectivity index (χ0n) is 16.1. The van der Waals surface area contributed by atoms with Gasteiger partial charge in [-0.05, 0) is 56.5 Å². The van der Waals surface area contributed by atoms with E-state index in [0.29, 0.717) is 16.5 Å². The Bertz CT molecular complexity index is 845. The lowest BCUT2D eigenvalue weighted by Gasteiger charge is -2.40. The third-order valence-electron chi connectivity index (χ3n) is 6.10. The minimum atomic E-state index is 0.424. The van der Waals surface area contributed by atoms with Crippen molar-refractivity contribution in [3.8, 4) is 23.0 Å². The molecule has 7 heteroatoms. The smallest absolute Gasteiger partial charge is 0.292 e. The molecule has 3 atom stereocenters. The number of nitrogens with one attached hydrogen (secondary N) is 1.